The number of para-hydroxylation sites is 1. The van der Waals surface area contributed by atoms with Crippen molar-refractivity contribution in [3.63, 3.8) is 0 Å². The van der Waals surface area contributed by atoms with E-state index >= 15 is 0 Å². The number of imidazole rings is 1. The van der Waals surface area contributed by atoms with E-state index in [0.717, 1.165) is 23.6 Å². The summed E-state index contributed by atoms with van der Waals surface area (Å²) in [6.07, 6.45) is 2.80. The first kappa shape index (κ1) is 13.8. The molecule has 0 saturated heterocycles. The maximum Gasteiger partial charge on any atom is 0.110 e. The molecule has 2 rings (SSSR count). The van der Waals surface area contributed by atoms with Crippen LogP contribution in [0.1, 0.15) is 24.9 Å². The van der Waals surface area contributed by atoms with Gasteiger partial charge in [-0.25, -0.2) is 4.98 Å². The molecule has 4 nitrogen and oxygen atoms in total. The van der Waals surface area contributed by atoms with Crippen LogP contribution in [-0.4, -0.2) is 27.3 Å². The van der Waals surface area contributed by atoms with E-state index in [1.54, 1.807) is 0 Å². The van der Waals surface area contributed by atoms with Crippen LogP contribution in [0.4, 0.5) is 0 Å². The van der Waals surface area contributed by atoms with Gasteiger partial charge in [0.2, 0.25) is 0 Å². The van der Waals surface area contributed by atoms with E-state index in [0.29, 0.717) is 6.54 Å². The molecule has 2 N–H and O–H groups in total. The molecule has 0 fully saturated rings. The van der Waals surface area contributed by atoms with E-state index in [1.165, 1.54) is 0 Å². The van der Waals surface area contributed by atoms with Gasteiger partial charge in [0.25, 0.3) is 0 Å². The zero-order valence-corrected chi connectivity index (χ0v) is 11.5. The van der Waals surface area contributed by atoms with E-state index in [1.807, 2.05) is 31.3 Å². The predicted molar refractivity (Wildman–Crippen MR) is 76.3 cm³/mol. The number of rotatable bonds is 6. The summed E-state index contributed by atoms with van der Waals surface area (Å²) in [5.74, 6) is 0.972. The summed E-state index contributed by atoms with van der Waals surface area (Å²) >= 11 is 0. The second-order valence-electron chi connectivity index (χ2n) is 4.64. The summed E-state index contributed by atoms with van der Waals surface area (Å²) in [6.45, 7) is 4.93. The van der Waals surface area contributed by atoms with Crippen LogP contribution in [0.3, 0.4) is 0 Å². The Bertz CT molecular complexity index is 503. The molecule has 0 aliphatic heterocycles. The smallest absolute Gasteiger partial charge is 0.110 e. The van der Waals surface area contributed by atoms with E-state index in [4.69, 9.17) is 0 Å². The summed E-state index contributed by atoms with van der Waals surface area (Å²) < 4.78 is 2.14. The van der Waals surface area contributed by atoms with Crippen LogP contribution < -0.4 is 5.32 Å². The van der Waals surface area contributed by atoms with Gasteiger partial charge in [-0.2, -0.15) is 0 Å². The van der Waals surface area contributed by atoms with Crippen molar-refractivity contribution in [2.75, 3.05) is 6.61 Å². The Morgan fingerprint density at radius 3 is 2.68 bits per heavy atom. The molecule has 102 valence electrons. The molecule has 0 aliphatic rings. The number of nitrogens with one attached hydrogen (secondary N) is 1. The van der Waals surface area contributed by atoms with Gasteiger partial charge in [0.15, 0.2) is 0 Å². The Kier molecular flexibility index (Phi) is 4.71. The molecular weight excluding hydrogens is 238 g/mol. The highest BCUT2D eigenvalue weighted by Gasteiger charge is 2.10. The Balaban J connectivity index is 2.19. The van der Waals surface area contributed by atoms with Crippen molar-refractivity contribution in [3.8, 4) is 5.69 Å². The van der Waals surface area contributed by atoms with Gasteiger partial charge in [-0.05, 0) is 25.5 Å². The lowest BCUT2D eigenvalue weighted by Gasteiger charge is -2.15. The van der Waals surface area contributed by atoms with Crippen molar-refractivity contribution in [1.29, 1.82) is 0 Å². The SMILES string of the molecule is CC[C@@H](CO)NCc1cnc(C)n1-c1ccccc1. The van der Waals surface area contributed by atoms with Crippen LogP contribution in [-0.2, 0) is 6.54 Å². The molecule has 2 aromatic rings. The number of aryl methyl sites for hydroxylation is 1. The predicted octanol–water partition coefficient (Wildman–Crippen LogP) is 2.04. The fourth-order valence-corrected chi connectivity index (χ4v) is 2.13. The Morgan fingerprint density at radius 2 is 2.05 bits per heavy atom. The number of benzene rings is 1. The minimum absolute atomic E-state index is 0.138. The fraction of sp³-hybridized carbons (Fsp3) is 0.400. The average molecular weight is 259 g/mol. The Morgan fingerprint density at radius 1 is 1.32 bits per heavy atom. The first-order valence-electron chi connectivity index (χ1n) is 6.69. The maximum atomic E-state index is 9.21. The van der Waals surface area contributed by atoms with Crippen LogP contribution in [0.2, 0.25) is 0 Å². The summed E-state index contributed by atoms with van der Waals surface area (Å²) in [5, 5.41) is 12.6. The van der Waals surface area contributed by atoms with Gasteiger partial charge in [0.05, 0.1) is 18.5 Å². The van der Waals surface area contributed by atoms with Gasteiger partial charge < -0.3 is 10.4 Å². The zero-order valence-electron chi connectivity index (χ0n) is 11.5. The molecule has 0 bridgehead atoms. The number of aliphatic hydroxyl groups excluding tert-OH is 1. The monoisotopic (exact) mass is 259 g/mol. The van der Waals surface area contributed by atoms with Gasteiger partial charge in [0.1, 0.15) is 5.82 Å². The normalized spacial score (nSPS) is 12.6. The summed E-state index contributed by atoms with van der Waals surface area (Å²) in [5.41, 5.74) is 2.22. The van der Waals surface area contributed by atoms with E-state index in [2.05, 4.69) is 33.9 Å². The molecule has 0 saturated carbocycles. The fourth-order valence-electron chi connectivity index (χ4n) is 2.13. The van der Waals surface area contributed by atoms with Crippen molar-refractivity contribution < 1.29 is 5.11 Å². The van der Waals surface area contributed by atoms with Crippen LogP contribution in [0.15, 0.2) is 36.5 Å². The van der Waals surface area contributed by atoms with Gasteiger partial charge in [-0.1, -0.05) is 25.1 Å². The lowest BCUT2D eigenvalue weighted by atomic mass is 10.2. The lowest BCUT2D eigenvalue weighted by Crippen LogP contribution is -2.31. The van der Waals surface area contributed by atoms with Crippen molar-refractivity contribution in [2.24, 2.45) is 0 Å². The average Bonchev–Trinajstić information content (AvgIpc) is 2.82. The van der Waals surface area contributed by atoms with Crippen LogP contribution >= 0.6 is 0 Å². The number of aliphatic hydroxyl groups is 1. The maximum absolute atomic E-state index is 9.21. The van der Waals surface area contributed by atoms with Gasteiger partial charge >= 0.3 is 0 Å². The highest BCUT2D eigenvalue weighted by Crippen LogP contribution is 2.14. The molecule has 0 unspecified atom stereocenters. The number of nitrogens with zero attached hydrogens (tertiary/aromatic N) is 2. The zero-order chi connectivity index (χ0) is 13.7. The van der Waals surface area contributed by atoms with Gasteiger partial charge in [0, 0.05) is 18.3 Å². The Hall–Kier alpha value is -1.65. The number of aromatic nitrogens is 2. The first-order chi connectivity index (χ1) is 9.26. The summed E-state index contributed by atoms with van der Waals surface area (Å²) in [7, 11) is 0. The van der Waals surface area contributed by atoms with E-state index in [-0.39, 0.29) is 12.6 Å². The minimum Gasteiger partial charge on any atom is -0.395 e. The topological polar surface area (TPSA) is 50.1 Å². The molecule has 0 amide bonds. The minimum atomic E-state index is 0.138. The molecular formula is C15H21N3O. The molecule has 0 radical (unpaired) electrons. The molecule has 1 aromatic heterocycles. The number of hydrogen-bond donors (Lipinski definition) is 2. The highest BCUT2D eigenvalue weighted by molar-refractivity contribution is 5.35. The lowest BCUT2D eigenvalue weighted by molar-refractivity contribution is 0.238. The van der Waals surface area contributed by atoms with E-state index in [9.17, 15) is 5.11 Å². The third-order valence-electron chi connectivity index (χ3n) is 3.31. The standard InChI is InChI=1S/C15H21N3O/c1-3-13(11-19)17-10-15-9-16-12(2)18(15)14-7-5-4-6-8-14/h4-9,13,17,19H,3,10-11H2,1-2H3/t13-/m0/s1. The van der Waals surface area contributed by atoms with Crippen LogP contribution in [0, 0.1) is 6.92 Å². The molecule has 19 heavy (non-hydrogen) atoms. The van der Waals surface area contributed by atoms with Crippen molar-refractivity contribution in [3.05, 3.63) is 48.0 Å². The molecule has 4 heteroatoms. The molecule has 0 aliphatic carbocycles. The highest BCUT2D eigenvalue weighted by atomic mass is 16.3. The Labute approximate surface area is 114 Å². The molecule has 1 aromatic carbocycles. The number of hydrogen-bond acceptors (Lipinski definition) is 3. The summed E-state index contributed by atoms with van der Waals surface area (Å²) in [6, 6.07) is 10.3. The molecule has 1 heterocycles. The summed E-state index contributed by atoms with van der Waals surface area (Å²) in [4.78, 5) is 4.38. The third-order valence-corrected chi connectivity index (χ3v) is 3.31. The van der Waals surface area contributed by atoms with Crippen molar-refractivity contribution in [1.82, 2.24) is 14.9 Å². The van der Waals surface area contributed by atoms with Gasteiger partial charge in [-0.3, -0.25) is 4.57 Å². The third kappa shape index (κ3) is 3.22. The van der Waals surface area contributed by atoms with Crippen molar-refractivity contribution in [2.45, 2.75) is 32.9 Å². The largest absolute Gasteiger partial charge is 0.395 e. The van der Waals surface area contributed by atoms with Crippen LogP contribution in [0.25, 0.3) is 5.69 Å². The second-order valence-corrected chi connectivity index (χ2v) is 4.64. The van der Waals surface area contributed by atoms with Gasteiger partial charge in [-0.15, -0.1) is 0 Å². The van der Waals surface area contributed by atoms with E-state index < -0.39 is 0 Å². The second kappa shape index (κ2) is 6.50. The van der Waals surface area contributed by atoms with Crippen molar-refractivity contribution >= 4 is 0 Å². The first-order valence-corrected chi connectivity index (χ1v) is 6.69. The molecule has 0 spiro atoms. The molecule has 1 atom stereocenters. The quantitative estimate of drug-likeness (QED) is 0.834. The van der Waals surface area contributed by atoms with Crippen LogP contribution in [0.5, 0.6) is 0 Å².